The fourth-order valence-corrected chi connectivity index (χ4v) is 3.04. The minimum atomic E-state index is -0.450. The number of pyridine rings is 1. The van der Waals surface area contributed by atoms with Crippen molar-refractivity contribution in [2.75, 3.05) is 10.6 Å². The van der Waals surface area contributed by atoms with Gasteiger partial charge in [0.05, 0.1) is 26.9 Å². The van der Waals surface area contributed by atoms with Gasteiger partial charge in [-0.25, -0.2) is 4.98 Å². The molecule has 2 aromatic carbocycles. The zero-order valence-electron chi connectivity index (χ0n) is 14.4. The van der Waals surface area contributed by atoms with Gasteiger partial charge in [0.15, 0.2) is 0 Å². The lowest BCUT2D eigenvalue weighted by molar-refractivity contribution is 0.102. The van der Waals surface area contributed by atoms with E-state index < -0.39 is 5.91 Å². The number of para-hydroxylation sites is 2. The first kappa shape index (κ1) is 18.9. The number of nitrogens with zero attached hydrogens (tertiary/aromatic N) is 1. The van der Waals surface area contributed by atoms with E-state index in [9.17, 15) is 4.79 Å². The number of halogens is 2. The topological polar surface area (TPSA) is 77.9 Å². The van der Waals surface area contributed by atoms with Gasteiger partial charge in [-0.1, -0.05) is 53.5 Å². The molecule has 0 aliphatic heterocycles. The molecule has 0 fully saturated rings. The molecule has 0 saturated carbocycles. The molecule has 0 aliphatic carbocycles. The second-order valence-electron chi connectivity index (χ2n) is 5.76. The van der Waals surface area contributed by atoms with Gasteiger partial charge in [0.2, 0.25) is 0 Å². The molecule has 1 amide bonds. The molecule has 3 aromatic rings. The maximum Gasteiger partial charge on any atom is 0.258 e. The Kier molecular flexibility index (Phi) is 5.74. The number of amides is 1. The number of hydrogen-bond donors (Lipinski definition) is 3. The van der Waals surface area contributed by atoms with Crippen LogP contribution in [-0.4, -0.2) is 16.6 Å². The predicted molar refractivity (Wildman–Crippen MR) is 111 cm³/mol. The maximum atomic E-state index is 12.6. The monoisotopic (exact) mass is 398 g/mol. The van der Waals surface area contributed by atoms with E-state index >= 15 is 0 Å². The van der Waals surface area contributed by atoms with Crippen molar-refractivity contribution in [1.82, 2.24) is 4.98 Å². The Hall–Kier alpha value is -2.89. The summed E-state index contributed by atoms with van der Waals surface area (Å²) in [5.74, 6) is -0.0395. The van der Waals surface area contributed by atoms with E-state index in [0.29, 0.717) is 22.1 Å². The minimum Gasteiger partial charge on any atom is -0.340 e. The first-order chi connectivity index (χ1) is 13.0. The number of nitrogens with one attached hydrogen (secondary N) is 3. The third kappa shape index (κ3) is 4.27. The van der Waals surface area contributed by atoms with Crippen LogP contribution in [0.3, 0.4) is 0 Å². The highest BCUT2D eigenvalue weighted by Crippen LogP contribution is 2.30. The summed E-state index contributed by atoms with van der Waals surface area (Å²) < 4.78 is 0. The van der Waals surface area contributed by atoms with E-state index in [4.69, 9.17) is 28.6 Å². The lowest BCUT2D eigenvalue weighted by Crippen LogP contribution is -2.16. The summed E-state index contributed by atoms with van der Waals surface area (Å²) in [6.07, 6.45) is 1.38. The number of benzene rings is 2. The van der Waals surface area contributed by atoms with E-state index in [1.807, 2.05) is 30.3 Å². The van der Waals surface area contributed by atoms with Crippen LogP contribution in [0, 0.1) is 5.41 Å². The highest BCUT2D eigenvalue weighted by molar-refractivity contribution is 6.38. The van der Waals surface area contributed by atoms with Gasteiger partial charge in [-0.2, -0.15) is 0 Å². The largest absolute Gasteiger partial charge is 0.340 e. The predicted octanol–water partition coefficient (Wildman–Crippen LogP) is 5.77. The molecule has 0 radical (unpaired) electrons. The third-order valence-electron chi connectivity index (χ3n) is 3.79. The van der Waals surface area contributed by atoms with Gasteiger partial charge >= 0.3 is 0 Å². The molecule has 3 rings (SSSR count). The summed E-state index contributed by atoms with van der Waals surface area (Å²) in [7, 11) is 0. The highest BCUT2D eigenvalue weighted by Gasteiger charge is 2.20. The quantitative estimate of drug-likeness (QED) is 0.477. The van der Waals surface area contributed by atoms with Crippen molar-refractivity contribution < 1.29 is 4.79 Å². The highest BCUT2D eigenvalue weighted by atomic mass is 35.5. The Balaban J connectivity index is 1.95. The lowest BCUT2D eigenvalue weighted by atomic mass is 10.1. The Labute approximate surface area is 166 Å². The van der Waals surface area contributed by atoms with E-state index in [1.165, 1.54) is 6.20 Å². The van der Waals surface area contributed by atoms with Gasteiger partial charge in [0.25, 0.3) is 5.91 Å². The van der Waals surface area contributed by atoms with Crippen molar-refractivity contribution in [3.63, 3.8) is 0 Å². The van der Waals surface area contributed by atoms with Crippen LogP contribution >= 0.6 is 23.2 Å². The standard InChI is InChI=1S/C20H16Cl2N4O/c1-12(23)17-18(22)14(20(27)26-16-10-6-5-9-15(16)21)11-24-19(17)25-13-7-3-2-4-8-13/h2-11,23H,1H3,(H,24,25)(H,26,27). The van der Waals surface area contributed by atoms with Crippen molar-refractivity contribution >= 4 is 52.0 Å². The molecule has 136 valence electrons. The average Bonchev–Trinajstić information content (AvgIpc) is 2.64. The molecule has 7 heteroatoms. The van der Waals surface area contributed by atoms with Crippen LogP contribution in [0.4, 0.5) is 17.2 Å². The average molecular weight is 399 g/mol. The molecule has 1 heterocycles. The second kappa shape index (κ2) is 8.20. The molecule has 5 nitrogen and oxygen atoms in total. The van der Waals surface area contributed by atoms with E-state index in [-0.39, 0.29) is 16.3 Å². The molecular weight excluding hydrogens is 383 g/mol. The summed E-state index contributed by atoms with van der Waals surface area (Å²) in [6.45, 7) is 1.59. The molecule has 0 unspecified atom stereocenters. The Morgan fingerprint density at radius 3 is 2.37 bits per heavy atom. The summed E-state index contributed by atoms with van der Waals surface area (Å²) in [5.41, 5.74) is 2.00. The molecule has 0 saturated heterocycles. The smallest absolute Gasteiger partial charge is 0.258 e. The maximum absolute atomic E-state index is 12.6. The molecule has 0 atom stereocenters. The summed E-state index contributed by atoms with van der Waals surface area (Å²) in [4.78, 5) is 17.0. The van der Waals surface area contributed by atoms with Crippen LogP contribution in [0.5, 0.6) is 0 Å². The number of anilines is 3. The van der Waals surface area contributed by atoms with Crippen molar-refractivity contribution in [3.05, 3.63) is 82.0 Å². The summed E-state index contributed by atoms with van der Waals surface area (Å²) in [5, 5.41) is 14.5. The van der Waals surface area contributed by atoms with E-state index in [0.717, 1.165) is 5.69 Å². The molecular formula is C20H16Cl2N4O. The summed E-state index contributed by atoms with van der Waals surface area (Å²) >= 11 is 12.5. The van der Waals surface area contributed by atoms with Gasteiger partial charge in [-0.3, -0.25) is 4.79 Å². The Bertz CT molecular complexity index is 1010. The van der Waals surface area contributed by atoms with Gasteiger partial charge in [0, 0.05) is 17.6 Å². The number of rotatable bonds is 5. The fourth-order valence-electron chi connectivity index (χ4n) is 2.49. The van der Waals surface area contributed by atoms with Gasteiger partial charge in [-0.05, 0) is 31.2 Å². The van der Waals surface area contributed by atoms with Crippen LogP contribution in [0.25, 0.3) is 0 Å². The number of carbonyl (C=O) groups excluding carboxylic acids is 1. The van der Waals surface area contributed by atoms with Crippen LogP contribution in [0.2, 0.25) is 10.0 Å². The van der Waals surface area contributed by atoms with Gasteiger partial charge in [0.1, 0.15) is 5.82 Å². The number of carbonyl (C=O) groups is 1. The first-order valence-electron chi connectivity index (χ1n) is 8.09. The van der Waals surface area contributed by atoms with Gasteiger partial charge < -0.3 is 16.0 Å². The normalized spacial score (nSPS) is 10.3. The van der Waals surface area contributed by atoms with Crippen LogP contribution < -0.4 is 10.6 Å². The fraction of sp³-hybridized carbons (Fsp3) is 0.0500. The van der Waals surface area contributed by atoms with E-state index in [2.05, 4.69) is 15.6 Å². The first-order valence-corrected chi connectivity index (χ1v) is 8.85. The zero-order valence-corrected chi connectivity index (χ0v) is 15.9. The molecule has 0 aliphatic rings. The van der Waals surface area contributed by atoms with Crippen molar-refractivity contribution in [2.24, 2.45) is 0 Å². The Morgan fingerprint density at radius 1 is 1.04 bits per heavy atom. The van der Waals surface area contributed by atoms with Crippen molar-refractivity contribution in [2.45, 2.75) is 6.92 Å². The number of aromatic nitrogens is 1. The molecule has 1 aromatic heterocycles. The van der Waals surface area contributed by atoms with Crippen LogP contribution in [0.1, 0.15) is 22.8 Å². The van der Waals surface area contributed by atoms with Crippen LogP contribution in [-0.2, 0) is 0 Å². The van der Waals surface area contributed by atoms with Crippen molar-refractivity contribution in [3.8, 4) is 0 Å². The van der Waals surface area contributed by atoms with Crippen molar-refractivity contribution in [1.29, 1.82) is 5.41 Å². The molecule has 3 N–H and O–H groups in total. The molecule has 27 heavy (non-hydrogen) atoms. The minimum absolute atomic E-state index is 0.153. The summed E-state index contributed by atoms with van der Waals surface area (Å²) in [6, 6.07) is 16.3. The van der Waals surface area contributed by atoms with Crippen LogP contribution in [0.15, 0.2) is 60.8 Å². The zero-order chi connectivity index (χ0) is 19.4. The second-order valence-corrected chi connectivity index (χ2v) is 6.54. The SMILES string of the molecule is CC(=N)c1c(Nc2ccccc2)ncc(C(=O)Nc2ccccc2Cl)c1Cl. The molecule has 0 spiro atoms. The Morgan fingerprint density at radius 2 is 1.70 bits per heavy atom. The lowest BCUT2D eigenvalue weighted by Gasteiger charge is -2.15. The number of hydrogen-bond acceptors (Lipinski definition) is 4. The molecule has 0 bridgehead atoms. The van der Waals surface area contributed by atoms with Gasteiger partial charge in [-0.15, -0.1) is 0 Å². The third-order valence-corrected chi connectivity index (χ3v) is 4.52. The van der Waals surface area contributed by atoms with E-state index in [1.54, 1.807) is 31.2 Å².